The van der Waals surface area contributed by atoms with E-state index in [-0.39, 0.29) is 23.6 Å². The average molecular weight is 717 g/mol. The zero-order valence-electron chi connectivity index (χ0n) is 32.9. The van der Waals surface area contributed by atoms with E-state index in [1.54, 1.807) is 0 Å². The number of carbonyl (C=O) groups is 4. The smallest absolute Gasteiger partial charge is 0.251 e. The largest absolute Gasteiger partial charge is 0.352 e. The maximum atomic E-state index is 13.7. The Morgan fingerprint density at radius 2 is 0.577 bits per heavy atom. The number of aryl methyl sites for hydroxylation is 4. The Balaban J connectivity index is 2.01. The van der Waals surface area contributed by atoms with Gasteiger partial charge in [0.15, 0.2) is 0 Å². The third-order valence-electron chi connectivity index (χ3n) is 10.2. The summed E-state index contributed by atoms with van der Waals surface area (Å²) in [5.41, 5.74) is 5.48. The van der Waals surface area contributed by atoms with Crippen molar-refractivity contribution in [3.8, 4) is 0 Å². The van der Waals surface area contributed by atoms with Gasteiger partial charge < -0.3 is 21.3 Å². The van der Waals surface area contributed by atoms with Gasteiger partial charge in [-0.2, -0.15) is 0 Å². The number of carbonyl (C=O) groups excluding carboxylic acids is 4. The van der Waals surface area contributed by atoms with Crippen LogP contribution in [-0.4, -0.2) is 49.8 Å². The summed E-state index contributed by atoms with van der Waals surface area (Å²) in [6.07, 6.45) is 18.8. The zero-order chi connectivity index (χ0) is 37.6. The molecule has 0 atom stereocenters. The molecule has 4 amide bonds. The Bertz CT molecular complexity index is 1220. The van der Waals surface area contributed by atoms with Crippen LogP contribution in [0, 0.1) is 0 Å². The monoisotopic (exact) mass is 717 g/mol. The molecule has 4 bridgehead atoms. The van der Waals surface area contributed by atoms with Crippen LogP contribution in [0.1, 0.15) is 194 Å². The third-order valence-corrected chi connectivity index (χ3v) is 10.2. The van der Waals surface area contributed by atoms with Crippen LogP contribution in [-0.2, 0) is 25.7 Å². The first kappa shape index (κ1) is 42.7. The Labute approximate surface area is 314 Å². The minimum atomic E-state index is -0.126. The number of hydrogen-bond acceptors (Lipinski definition) is 4. The molecule has 0 spiro atoms. The van der Waals surface area contributed by atoms with Crippen molar-refractivity contribution in [1.29, 1.82) is 0 Å². The third kappa shape index (κ3) is 14.0. The molecular formula is C44H68N4O4. The van der Waals surface area contributed by atoms with E-state index in [1.807, 2.05) is 24.3 Å². The number of amides is 4. The average Bonchev–Trinajstić information content (AvgIpc) is 3.14. The first-order valence-corrected chi connectivity index (χ1v) is 20.8. The van der Waals surface area contributed by atoms with E-state index >= 15 is 0 Å². The van der Waals surface area contributed by atoms with Crippen molar-refractivity contribution in [2.45, 2.75) is 156 Å². The minimum absolute atomic E-state index is 0.126. The van der Waals surface area contributed by atoms with Gasteiger partial charge in [-0.1, -0.05) is 105 Å². The molecule has 0 aliphatic heterocycles. The highest BCUT2D eigenvalue weighted by molar-refractivity contribution is 6.02. The predicted octanol–water partition coefficient (Wildman–Crippen LogP) is 8.81. The molecule has 0 aromatic heterocycles. The fraction of sp³-hybridized carbons (Fsp3) is 0.636. The van der Waals surface area contributed by atoms with Gasteiger partial charge in [-0.05, 0) is 97.9 Å². The van der Waals surface area contributed by atoms with E-state index in [1.165, 1.54) is 0 Å². The number of hydrogen-bond donors (Lipinski definition) is 4. The Kier molecular flexibility index (Phi) is 20.2. The van der Waals surface area contributed by atoms with Crippen LogP contribution in [0.2, 0.25) is 0 Å². The molecule has 0 saturated heterocycles. The summed E-state index contributed by atoms with van der Waals surface area (Å²) in [5.74, 6) is -0.506. The van der Waals surface area contributed by atoms with E-state index in [9.17, 15) is 19.2 Å². The highest BCUT2D eigenvalue weighted by Gasteiger charge is 2.24. The lowest BCUT2D eigenvalue weighted by Gasteiger charge is -2.21. The second-order valence-electron chi connectivity index (χ2n) is 14.6. The van der Waals surface area contributed by atoms with Crippen molar-refractivity contribution >= 4 is 23.6 Å². The van der Waals surface area contributed by atoms with Crippen LogP contribution < -0.4 is 21.3 Å². The number of unbranched alkanes of at least 4 members (excludes halogenated alkanes) is 12. The Morgan fingerprint density at radius 1 is 0.365 bits per heavy atom. The molecule has 0 saturated carbocycles. The van der Waals surface area contributed by atoms with E-state index in [2.05, 4.69) is 49.0 Å². The molecule has 4 aliphatic rings. The lowest BCUT2D eigenvalue weighted by Crippen LogP contribution is -2.30. The van der Waals surface area contributed by atoms with Gasteiger partial charge in [0.05, 0.1) is 0 Å². The van der Waals surface area contributed by atoms with E-state index < -0.39 is 0 Å². The summed E-state index contributed by atoms with van der Waals surface area (Å²) in [7, 11) is 0. The zero-order valence-corrected chi connectivity index (χ0v) is 32.9. The first-order chi connectivity index (χ1) is 25.3. The quantitative estimate of drug-likeness (QED) is 0.0813. The van der Waals surface area contributed by atoms with Gasteiger partial charge in [-0.3, -0.25) is 19.2 Å². The fourth-order valence-corrected chi connectivity index (χ4v) is 6.99. The van der Waals surface area contributed by atoms with E-state index in [0.29, 0.717) is 74.1 Å². The summed E-state index contributed by atoms with van der Waals surface area (Å²) in [4.78, 5) is 54.9. The molecule has 8 heteroatoms. The second-order valence-corrected chi connectivity index (χ2v) is 14.6. The summed E-state index contributed by atoms with van der Waals surface area (Å²) >= 11 is 0. The Hall–Kier alpha value is -3.68. The van der Waals surface area contributed by atoms with Crippen molar-refractivity contribution in [3.63, 3.8) is 0 Å². The maximum Gasteiger partial charge on any atom is 0.251 e. The van der Waals surface area contributed by atoms with Crippen molar-refractivity contribution in [3.05, 3.63) is 68.8 Å². The fourth-order valence-electron chi connectivity index (χ4n) is 6.99. The summed E-state index contributed by atoms with van der Waals surface area (Å²) in [5, 5.41) is 12.5. The minimum Gasteiger partial charge on any atom is -0.352 e. The molecule has 2 aromatic carbocycles. The molecule has 6 rings (SSSR count). The van der Waals surface area contributed by atoms with Crippen molar-refractivity contribution in [2.24, 2.45) is 0 Å². The number of nitrogens with one attached hydrogen (secondary N) is 4. The van der Waals surface area contributed by atoms with Crippen molar-refractivity contribution in [2.75, 3.05) is 26.2 Å². The molecule has 2 aromatic rings. The van der Waals surface area contributed by atoms with E-state index in [0.717, 1.165) is 125 Å². The summed E-state index contributed by atoms with van der Waals surface area (Å²) in [6, 6.07) is 7.64. The first-order valence-electron chi connectivity index (χ1n) is 20.8. The van der Waals surface area contributed by atoms with Crippen LogP contribution in [0.15, 0.2) is 24.3 Å². The number of rotatable bonds is 24. The molecule has 8 nitrogen and oxygen atoms in total. The van der Waals surface area contributed by atoms with Crippen molar-refractivity contribution in [1.82, 2.24) is 21.3 Å². The van der Waals surface area contributed by atoms with Crippen LogP contribution in [0.3, 0.4) is 0 Å². The Morgan fingerprint density at radius 3 is 0.769 bits per heavy atom. The van der Waals surface area contributed by atoms with Crippen LogP contribution >= 0.6 is 0 Å². The highest BCUT2D eigenvalue weighted by atomic mass is 16.2. The molecule has 288 valence electrons. The van der Waals surface area contributed by atoms with Gasteiger partial charge in [0.2, 0.25) is 0 Å². The van der Waals surface area contributed by atoms with Gasteiger partial charge in [-0.15, -0.1) is 0 Å². The highest BCUT2D eigenvalue weighted by Crippen LogP contribution is 2.27. The molecule has 0 radical (unpaired) electrons. The number of benzene rings is 2. The summed E-state index contributed by atoms with van der Waals surface area (Å²) < 4.78 is 0. The van der Waals surface area contributed by atoms with Gasteiger partial charge in [0.25, 0.3) is 23.6 Å². The predicted molar refractivity (Wildman–Crippen MR) is 214 cm³/mol. The molecular weight excluding hydrogens is 649 g/mol. The molecule has 4 aliphatic carbocycles. The lowest BCUT2D eigenvalue weighted by atomic mass is 9.86. The standard InChI is InChI=1S/C44H68N4O4/c1-5-9-13-17-25-45-41(49)37-29-34-23-24-36-32-39(43(51)47-27-19-15-11-7-3)35(31-40(36)44(52)48-28-20-16-12-8-4)22-21-33(37)30-38(34)42(50)46-26-18-14-10-6-2/h29-32H,5-28H2,1-4H3,(H,45,49)(H,46,50)(H,47,51)(H,48,52). The molecule has 52 heavy (non-hydrogen) atoms. The lowest BCUT2D eigenvalue weighted by molar-refractivity contribution is 0.0938. The molecule has 4 N–H and O–H groups in total. The topological polar surface area (TPSA) is 116 Å². The van der Waals surface area contributed by atoms with Crippen LogP contribution in [0.5, 0.6) is 0 Å². The maximum absolute atomic E-state index is 13.7. The SMILES string of the molecule is CCCCCCNC(=O)c1cc2c(C(=O)NCCCCCC)cc1CCc1cc(C(=O)NCCCCCC)c(cc1C(=O)NCCCCCC)CC2. The van der Waals surface area contributed by atoms with Crippen LogP contribution in [0.25, 0.3) is 0 Å². The summed E-state index contributed by atoms with van der Waals surface area (Å²) in [6.45, 7) is 11.1. The van der Waals surface area contributed by atoms with Gasteiger partial charge in [0, 0.05) is 48.4 Å². The van der Waals surface area contributed by atoms with E-state index in [4.69, 9.17) is 0 Å². The second kappa shape index (κ2) is 24.5. The molecule has 0 heterocycles. The van der Waals surface area contributed by atoms with Gasteiger partial charge in [0.1, 0.15) is 0 Å². The molecule has 0 unspecified atom stereocenters. The van der Waals surface area contributed by atoms with Crippen LogP contribution in [0.4, 0.5) is 0 Å². The van der Waals surface area contributed by atoms with Gasteiger partial charge >= 0.3 is 0 Å². The normalized spacial score (nSPS) is 12.2. The van der Waals surface area contributed by atoms with Crippen molar-refractivity contribution < 1.29 is 19.2 Å². The van der Waals surface area contributed by atoms with Gasteiger partial charge in [-0.25, -0.2) is 0 Å². The molecule has 0 fully saturated rings.